The highest BCUT2D eigenvalue weighted by Crippen LogP contribution is 2.31. The molecule has 0 heterocycles. The Bertz CT molecular complexity index is 624. The smallest absolute Gasteiger partial charge is 0.142 e. The van der Waals surface area contributed by atoms with E-state index in [0.717, 1.165) is 16.6 Å². The maximum absolute atomic E-state index is 6.22. The van der Waals surface area contributed by atoms with Crippen molar-refractivity contribution in [2.24, 2.45) is 0 Å². The van der Waals surface area contributed by atoms with Crippen molar-refractivity contribution in [3.8, 4) is 5.75 Å². The second-order valence-electron chi connectivity index (χ2n) is 5.11. The molecular formula is C17H16BrClO. The van der Waals surface area contributed by atoms with Crippen molar-refractivity contribution in [3.05, 3.63) is 63.7 Å². The molecule has 20 heavy (non-hydrogen) atoms. The topological polar surface area (TPSA) is 9.23 Å². The number of rotatable bonds is 4. The summed E-state index contributed by atoms with van der Waals surface area (Å²) in [4.78, 5) is 0. The van der Waals surface area contributed by atoms with Crippen LogP contribution in [0, 0.1) is 0 Å². The van der Waals surface area contributed by atoms with Crippen molar-refractivity contribution in [1.82, 2.24) is 0 Å². The van der Waals surface area contributed by atoms with E-state index < -0.39 is 0 Å². The van der Waals surface area contributed by atoms with Crippen LogP contribution in [0.25, 0.3) is 0 Å². The van der Waals surface area contributed by atoms with Crippen LogP contribution in [0.3, 0.4) is 0 Å². The summed E-state index contributed by atoms with van der Waals surface area (Å²) in [7, 11) is 0. The normalized spacial score (nSPS) is 13.3. The molecule has 0 fully saturated rings. The molecule has 1 nitrogen and oxygen atoms in total. The Hall–Kier alpha value is -0.990. The van der Waals surface area contributed by atoms with Crippen LogP contribution < -0.4 is 4.74 Å². The summed E-state index contributed by atoms with van der Waals surface area (Å²) in [6, 6.07) is 12.5. The molecule has 0 saturated carbocycles. The number of aryl methyl sites for hydroxylation is 2. The number of ether oxygens (including phenoxy) is 1. The van der Waals surface area contributed by atoms with Gasteiger partial charge >= 0.3 is 0 Å². The van der Waals surface area contributed by atoms with E-state index in [9.17, 15) is 0 Å². The Morgan fingerprint density at radius 2 is 1.95 bits per heavy atom. The first-order valence-electron chi connectivity index (χ1n) is 6.85. The molecule has 0 radical (unpaired) electrons. The highest BCUT2D eigenvalue weighted by molar-refractivity contribution is 9.08. The van der Waals surface area contributed by atoms with E-state index in [1.54, 1.807) is 0 Å². The molecular weight excluding hydrogens is 336 g/mol. The van der Waals surface area contributed by atoms with Crippen molar-refractivity contribution < 1.29 is 4.74 Å². The lowest BCUT2D eigenvalue weighted by atomic mass is 10.1. The molecule has 0 aromatic heterocycles. The van der Waals surface area contributed by atoms with Gasteiger partial charge in [-0.1, -0.05) is 57.9 Å². The van der Waals surface area contributed by atoms with Gasteiger partial charge < -0.3 is 4.74 Å². The highest BCUT2D eigenvalue weighted by atomic mass is 79.9. The van der Waals surface area contributed by atoms with Crippen molar-refractivity contribution >= 4 is 27.5 Å². The van der Waals surface area contributed by atoms with Gasteiger partial charge in [-0.3, -0.25) is 0 Å². The standard InChI is InChI=1S/C17H16BrClO/c18-10-15-5-2-6-16(19)17(15)20-11-12-7-8-13-3-1-4-14(13)9-12/h2,5-9H,1,3-4,10-11H2. The summed E-state index contributed by atoms with van der Waals surface area (Å²) < 4.78 is 5.94. The third-order valence-corrected chi connectivity index (χ3v) is 4.64. The van der Waals surface area contributed by atoms with Gasteiger partial charge in [0.15, 0.2) is 0 Å². The quantitative estimate of drug-likeness (QED) is 0.679. The summed E-state index contributed by atoms with van der Waals surface area (Å²) in [5.74, 6) is 0.784. The van der Waals surface area contributed by atoms with E-state index in [-0.39, 0.29) is 0 Å². The number of para-hydroxylation sites is 1. The van der Waals surface area contributed by atoms with Crippen LogP contribution in [0.15, 0.2) is 36.4 Å². The van der Waals surface area contributed by atoms with E-state index in [4.69, 9.17) is 16.3 Å². The summed E-state index contributed by atoms with van der Waals surface area (Å²) in [6.07, 6.45) is 3.69. The van der Waals surface area contributed by atoms with Gasteiger partial charge in [-0.25, -0.2) is 0 Å². The fourth-order valence-corrected chi connectivity index (χ4v) is 3.38. The second kappa shape index (κ2) is 6.19. The van der Waals surface area contributed by atoms with Gasteiger partial charge in [0, 0.05) is 10.9 Å². The molecule has 0 N–H and O–H groups in total. The molecule has 1 aliphatic carbocycles. The third kappa shape index (κ3) is 2.87. The van der Waals surface area contributed by atoms with E-state index in [1.165, 1.54) is 36.0 Å². The van der Waals surface area contributed by atoms with Gasteiger partial charge in [-0.05, 0) is 42.0 Å². The van der Waals surface area contributed by atoms with Gasteiger partial charge in [0.1, 0.15) is 12.4 Å². The lowest BCUT2D eigenvalue weighted by Gasteiger charge is -2.12. The Labute approximate surface area is 133 Å². The molecule has 0 bridgehead atoms. The summed E-state index contributed by atoms with van der Waals surface area (Å²) in [5, 5.41) is 1.41. The minimum absolute atomic E-state index is 0.566. The van der Waals surface area contributed by atoms with Crippen LogP contribution in [0.1, 0.15) is 28.7 Å². The van der Waals surface area contributed by atoms with Gasteiger partial charge in [0.25, 0.3) is 0 Å². The lowest BCUT2D eigenvalue weighted by molar-refractivity contribution is 0.304. The first-order chi connectivity index (χ1) is 9.78. The molecule has 0 atom stereocenters. The van der Waals surface area contributed by atoms with E-state index >= 15 is 0 Å². The Balaban J connectivity index is 1.77. The third-order valence-electron chi connectivity index (χ3n) is 3.74. The maximum Gasteiger partial charge on any atom is 0.142 e. The summed E-state index contributed by atoms with van der Waals surface area (Å²) in [6.45, 7) is 0.566. The number of halogens is 2. The lowest BCUT2D eigenvalue weighted by Crippen LogP contribution is -1.99. The predicted octanol–water partition coefficient (Wildman–Crippen LogP) is 5.30. The SMILES string of the molecule is Clc1cccc(CBr)c1OCc1ccc2c(c1)CCC2. The number of hydrogen-bond acceptors (Lipinski definition) is 1. The molecule has 0 unspecified atom stereocenters. The predicted molar refractivity (Wildman–Crippen MR) is 86.9 cm³/mol. The molecule has 3 heteroatoms. The van der Waals surface area contributed by atoms with Crippen molar-refractivity contribution in [1.29, 1.82) is 0 Å². The fourth-order valence-electron chi connectivity index (χ4n) is 2.69. The molecule has 2 aromatic rings. The molecule has 3 rings (SSSR count). The van der Waals surface area contributed by atoms with Crippen molar-refractivity contribution in [2.75, 3.05) is 0 Å². The molecule has 0 amide bonds. The minimum atomic E-state index is 0.566. The van der Waals surface area contributed by atoms with E-state index in [2.05, 4.69) is 34.1 Å². The Morgan fingerprint density at radius 3 is 2.80 bits per heavy atom. The van der Waals surface area contributed by atoms with E-state index in [1.807, 2.05) is 18.2 Å². The van der Waals surface area contributed by atoms with Crippen molar-refractivity contribution in [3.63, 3.8) is 0 Å². The zero-order chi connectivity index (χ0) is 13.9. The van der Waals surface area contributed by atoms with Gasteiger partial charge in [-0.15, -0.1) is 0 Å². The van der Waals surface area contributed by atoms with Gasteiger partial charge in [-0.2, -0.15) is 0 Å². The Morgan fingerprint density at radius 1 is 1.10 bits per heavy atom. The van der Waals surface area contributed by atoms with Crippen LogP contribution in [0.5, 0.6) is 5.75 Å². The number of fused-ring (bicyclic) bond motifs is 1. The van der Waals surface area contributed by atoms with Gasteiger partial charge in [0.05, 0.1) is 5.02 Å². The number of hydrogen-bond donors (Lipinski definition) is 0. The zero-order valence-corrected chi connectivity index (χ0v) is 13.5. The highest BCUT2D eigenvalue weighted by Gasteiger charge is 2.12. The number of alkyl halides is 1. The zero-order valence-electron chi connectivity index (χ0n) is 11.2. The molecule has 104 valence electrons. The average Bonchev–Trinajstić information content (AvgIpc) is 2.93. The molecule has 1 aliphatic rings. The molecule has 0 aliphatic heterocycles. The first kappa shape index (κ1) is 14.0. The summed E-state index contributed by atoms with van der Waals surface area (Å²) in [5.41, 5.74) is 5.27. The molecule has 2 aromatic carbocycles. The second-order valence-corrected chi connectivity index (χ2v) is 6.07. The maximum atomic E-state index is 6.22. The molecule has 0 saturated heterocycles. The van der Waals surface area contributed by atoms with Crippen LogP contribution in [0.4, 0.5) is 0 Å². The van der Waals surface area contributed by atoms with E-state index in [0.29, 0.717) is 11.6 Å². The Kier molecular flexibility index (Phi) is 4.32. The largest absolute Gasteiger partial charge is 0.487 e. The van der Waals surface area contributed by atoms with Crippen molar-refractivity contribution in [2.45, 2.75) is 31.2 Å². The first-order valence-corrected chi connectivity index (χ1v) is 8.34. The average molecular weight is 352 g/mol. The van der Waals surface area contributed by atoms with Crippen LogP contribution in [0.2, 0.25) is 5.02 Å². The van der Waals surface area contributed by atoms with Crippen LogP contribution in [-0.2, 0) is 24.8 Å². The minimum Gasteiger partial charge on any atom is -0.487 e. The monoisotopic (exact) mass is 350 g/mol. The summed E-state index contributed by atoms with van der Waals surface area (Å²) >= 11 is 9.69. The molecule has 0 spiro atoms. The number of benzene rings is 2. The van der Waals surface area contributed by atoms with Gasteiger partial charge in [0.2, 0.25) is 0 Å². The van der Waals surface area contributed by atoms with Crippen LogP contribution in [-0.4, -0.2) is 0 Å². The van der Waals surface area contributed by atoms with Crippen LogP contribution >= 0.6 is 27.5 Å². The fraction of sp³-hybridized carbons (Fsp3) is 0.294.